The van der Waals surface area contributed by atoms with E-state index in [1.807, 2.05) is 23.1 Å². The van der Waals surface area contributed by atoms with Crippen LogP contribution >= 0.6 is 0 Å². The SMILES string of the molecule is CC[C@@H](CC(=O)NC1CCN(C(=O)COC)CC1)c1ccccc1. The molecule has 2 amide bonds. The largest absolute Gasteiger partial charge is 0.375 e. The summed E-state index contributed by atoms with van der Waals surface area (Å²) in [5, 5.41) is 3.14. The molecule has 5 nitrogen and oxygen atoms in total. The number of amides is 2. The molecule has 1 aliphatic rings. The van der Waals surface area contributed by atoms with Crippen LogP contribution in [0.3, 0.4) is 0 Å². The van der Waals surface area contributed by atoms with Gasteiger partial charge in [-0.05, 0) is 30.7 Å². The highest BCUT2D eigenvalue weighted by molar-refractivity contribution is 5.78. The lowest BCUT2D eigenvalue weighted by Gasteiger charge is -2.32. The van der Waals surface area contributed by atoms with Crippen LogP contribution in [0, 0.1) is 0 Å². The molecule has 0 spiro atoms. The van der Waals surface area contributed by atoms with Gasteiger partial charge in [-0.3, -0.25) is 9.59 Å². The zero-order valence-electron chi connectivity index (χ0n) is 14.7. The number of piperidine rings is 1. The summed E-state index contributed by atoms with van der Waals surface area (Å²) in [7, 11) is 1.53. The van der Waals surface area contributed by atoms with Gasteiger partial charge >= 0.3 is 0 Å². The van der Waals surface area contributed by atoms with E-state index in [-0.39, 0.29) is 30.4 Å². The summed E-state index contributed by atoms with van der Waals surface area (Å²) in [5.41, 5.74) is 1.22. The molecule has 1 N–H and O–H groups in total. The van der Waals surface area contributed by atoms with Gasteiger partial charge in [0.05, 0.1) is 0 Å². The Hall–Kier alpha value is -1.88. The summed E-state index contributed by atoms with van der Waals surface area (Å²) in [6, 6.07) is 10.4. The Morgan fingerprint density at radius 1 is 1.25 bits per heavy atom. The van der Waals surface area contributed by atoms with E-state index >= 15 is 0 Å². The molecule has 1 saturated heterocycles. The third kappa shape index (κ3) is 5.34. The number of hydrogen-bond donors (Lipinski definition) is 1. The van der Waals surface area contributed by atoms with E-state index in [1.54, 1.807) is 0 Å². The Kier molecular flexibility index (Phi) is 7.25. The predicted octanol–water partition coefficient (Wildman–Crippen LogP) is 2.32. The molecule has 2 rings (SSSR count). The minimum atomic E-state index is 0.0254. The molecule has 24 heavy (non-hydrogen) atoms. The van der Waals surface area contributed by atoms with Crippen molar-refractivity contribution in [2.45, 2.75) is 44.6 Å². The molecule has 1 aromatic carbocycles. The molecule has 0 aromatic heterocycles. The monoisotopic (exact) mass is 332 g/mol. The lowest BCUT2D eigenvalue weighted by Crippen LogP contribution is -2.47. The van der Waals surface area contributed by atoms with Gasteiger partial charge in [-0.25, -0.2) is 0 Å². The highest BCUT2D eigenvalue weighted by Crippen LogP contribution is 2.23. The number of nitrogens with one attached hydrogen (secondary N) is 1. The molecule has 132 valence electrons. The second-order valence-electron chi connectivity index (χ2n) is 6.38. The number of hydrogen-bond acceptors (Lipinski definition) is 3. The average molecular weight is 332 g/mol. The lowest BCUT2D eigenvalue weighted by atomic mass is 9.92. The van der Waals surface area contributed by atoms with E-state index in [1.165, 1.54) is 12.7 Å². The smallest absolute Gasteiger partial charge is 0.248 e. The molecule has 1 fully saturated rings. The second kappa shape index (κ2) is 9.42. The molecule has 0 unspecified atom stereocenters. The summed E-state index contributed by atoms with van der Waals surface area (Å²) < 4.78 is 4.89. The maximum Gasteiger partial charge on any atom is 0.248 e. The van der Waals surface area contributed by atoms with E-state index in [0.29, 0.717) is 19.5 Å². The fourth-order valence-electron chi connectivity index (χ4n) is 3.22. The van der Waals surface area contributed by atoms with Crippen molar-refractivity contribution in [3.63, 3.8) is 0 Å². The minimum Gasteiger partial charge on any atom is -0.375 e. The first-order chi connectivity index (χ1) is 11.6. The summed E-state index contributed by atoms with van der Waals surface area (Å²) >= 11 is 0. The maximum absolute atomic E-state index is 12.4. The molecule has 0 radical (unpaired) electrons. The third-order valence-electron chi connectivity index (χ3n) is 4.68. The number of nitrogens with zero attached hydrogens (tertiary/aromatic N) is 1. The van der Waals surface area contributed by atoms with Crippen molar-refractivity contribution in [3.8, 4) is 0 Å². The molecule has 0 bridgehead atoms. The van der Waals surface area contributed by atoms with Crippen molar-refractivity contribution in [3.05, 3.63) is 35.9 Å². The van der Waals surface area contributed by atoms with Gasteiger partial charge in [-0.2, -0.15) is 0 Å². The second-order valence-corrected chi connectivity index (χ2v) is 6.38. The zero-order valence-corrected chi connectivity index (χ0v) is 14.7. The van der Waals surface area contributed by atoms with Crippen molar-refractivity contribution in [1.82, 2.24) is 10.2 Å². The number of rotatable bonds is 7. The Morgan fingerprint density at radius 2 is 1.92 bits per heavy atom. The quantitative estimate of drug-likeness (QED) is 0.834. The minimum absolute atomic E-state index is 0.0254. The van der Waals surface area contributed by atoms with Gasteiger partial charge in [0, 0.05) is 32.7 Å². The number of carbonyl (C=O) groups is 2. The Morgan fingerprint density at radius 3 is 2.50 bits per heavy atom. The summed E-state index contributed by atoms with van der Waals surface area (Å²) in [6.45, 7) is 3.61. The average Bonchev–Trinajstić information content (AvgIpc) is 2.61. The van der Waals surface area contributed by atoms with Crippen molar-refractivity contribution in [2.75, 3.05) is 26.8 Å². The fraction of sp³-hybridized carbons (Fsp3) is 0.579. The first-order valence-corrected chi connectivity index (χ1v) is 8.75. The van der Waals surface area contributed by atoms with Crippen LogP contribution in [0.5, 0.6) is 0 Å². The standard InChI is InChI=1S/C19H28N2O3/c1-3-15(16-7-5-4-6-8-16)13-18(22)20-17-9-11-21(12-10-17)19(23)14-24-2/h4-8,15,17H,3,9-14H2,1-2H3,(H,20,22)/t15-/m0/s1. The first kappa shape index (κ1) is 18.5. The highest BCUT2D eigenvalue weighted by Gasteiger charge is 2.24. The molecular weight excluding hydrogens is 304 g/mol. The van der Waals surface area contributed by atoms with Gasteiger partial charge in [-0.1, -0.05) is 37.3 Å². The molecule has 1 aromatic rings. The highest BCUT2D eigenvalue weighted by atomic mass is 16.5. The maximum atomic E-state index is 12.4. The van der Waals surface area contributed by atoms with E-state index < -0.39 is 0 Å². The van der Waals surface area contributed by atoms with E-state index in [0.717, 1.165) is 19.3 Å². The van der Waals surface area contributed by atoms with E-state index in [4.69, 9.17) is 4.74 Å². The number of likely N-dealkylation sites (tertiary alicyclic amines) is 1. The summed E-state index contributed by atoms with van der Waals surface area (Å²) in [6.07, 6.45) is 3.08. The molecule has 0 aliphatic carbocycles. The Labute approximate surface area is 144 Å². The number of methoxy groups -OCH3 is 1. The van der Waals surface area contributed by atoms with Crippen LogP contribution in [0.1, 0.15) is 44.1 Å². The van der Waals surface area contributed by atoms with Gasteiger partial charge in [0.1, 0.15) is 6.61 Å². The first-order valence-electron chi connectivity index (χ1n) is 8.75. The van der Waals surface area contributed by atoms with Crippen LogP contribution in [-0.4, -0.2) is 49.6 Å². The molecular formula is C19H28N2O3. The topological polar surface area (TPSA) is 58.6 Å². The van der Waals surface area contributed by atoms with Crippen molar-refractivity contribution in [1.29, 1.82) is 0 Å². The number of ether oxygens (including phenoxy) is 1. The van der Waals surface area contributed by atoms with Crippen LogP contribution in [0.25, 0.3) is 0 Å². The fourth-order valence-corrected chi connectivity index (χ4v) is 3.22. The molecule has 0 saturated carbocycles. The van der Waals surface area contributed by atoms with Crippen LogP contribution in [0.15, 0.2) is 30.3 Å². The van der Waals surface area contributed by atoms with Crippen LogP contribution in [0.4, 0.5) is 0 Å². The molecule has 5 heteroatoms. The van der Waals surface area contributed by atoms with Gasteiger partial charge < -0.3 is 15.0 Å². The molecule has 1 heterocycles. The Balaban J connectivity index is 1.78. The zero-order chi connectivity index (χ0) is 17.4. The van der Waals surface area contributed by atoms with Crippen molar-refractivity contribution in [2.24, 2.45) is 0 Å². The Bertz CT molecular complexity index is 525. The summed E-state index contributed by atoms with van der Waals surface area (Å²) in [5.74, 6) is 0.388. The van der Waals surface area contributed by atoms with Crippen LogP contribution in [-0.2, 0) is 14.3 Å². The third-order valence-corrected chi connectivity index (χ3v) is 4.68. The van der Waals surface area contributed by atoms with Gasteiger partial charge in [0.15, 0.2) is 0 Å². The van der Waals surface area contributed by atoms with E-state index in [2.05, 4.69) is 24.4 Å². The van der Waals surface area contributed by atoms with Crippen LogP contribution in [0.2, 0.25) is 0 Å². The van der Waals surface area contributed by atoms with Gasteiger partial charge in [0.25, 0.3) is 0 Å². The number of carbonyl (C=O) groups excluding carboxylic acids is 2. The normalized spacial score (nSPS) is 16.7. The molecule has 1 aliphatic heterocycles. The predicted molar refractivity (Wildman–Crippen MR) is 93.7 cm³/mol. The summed E-state index contributed by atoms with van der Waals surface area (Å²) in [4.78, 5) is 26.0. The van der Waals surface area contributed by atoms with Gasteiger partial charge in [-0.15, -0.1) is 0 Å². The number of benzene rings is 1. The van der Waals surface area contributed by atoms with Gasteiger partial charge in [0.2, 0.25) is 11.8 Å². The van der Waals surface area contributed by atoms with Crippen molar-refractivity contribution < 1.29 is 14.3 Å². The molecule has 1 atom stereocenters. The van der Waals surface area contributed by atoms with Crippen molar-refractivity contribution >= 4 is 11.8 Å². The van der Waals surface area contributed by atoms with Crippen LogP contribution < -0.4 is 5.32 Å². The van der Waals surface area contributed by atoms with E-state index in [9.17, 15) is 9.59 Å². The lowest BCUT2D eigenvalue weighted by molar-refractivity contribution is -0.136.